The molecule has 1 saturated carbocycles. The van der Waals surface area contributed by atoms with Crippen LogP contribution in [0.5, 0.6) is 0 Å². The monoisotopic (exact) mass is 479 g/mol. The van der Waals surface area contributed by atoms with E-state index in [4.69, 9.17) is 11.6 Å². The fourth-order valence-corrected chi connectivity index (χ4v) is 5.16. The van der Waals surface area contributed by atoms with Gasteiger partial charge in [-0.2, -0.15) is 18.3 Å². The van der Waals surface area contributed by atoms with E-state index in [-0.39, 0.29) is 24.4 Å². The molecule has 4 nitrogen and oxygen atoms in total. The highest BCUT2D eigenvalue weighted by molar-refractivity contribution is 6.32. The van der Waals surface area contributed by atoms with Crippen molar-refractivity contribution in [3.63, 3.8) is 0 Å². The number of halogens is 4. The predicted molar refractivity (Wildman–Crippen MR) is 122 cm³/mol. The Hall–Kier alpha value is -2.28. The molecule has 1 aliphatic heterocycles. The summed E-state index contributed by atoms with van der Waals surface area (Å²) in [4.78, 5) is 12.9. The highest BCUT2D eigenvalue weighted by Gasteiger charge is 2.40. The number of hydrogen-bond donors (Lipinski definition) is 0. The van der Waals surface area contributed by atoms with Gasteiger partial charge in [0.2, 0.25) is 0 Å². The first-order chi connectivity index (χ1) is 15.7. The molecule has 1 aliphatic carbocycles. The molecule has 0 radical (unpaired) electrons. The third kappa shape index (κ3) is 5.13. The Morgan fingerprint density at radius 2 is 2.06 bits per heavy atom. The van der Waals surface area contributed by atoms with Crippen LogP contribution in [0, 0.1) is 12.8 Å². The fraction of sp³-hybridized carbons (Fsp3) is 0.520. The van der Waals surface area contributed by atoms with Crippen molar-refractivity contribution in [3.05, 3.63) is 64.1 Å². The molecule has 0 bridgehead atoms. The van der Waals surface area contributed by atoms with Gasteiger partial charge < -0.3 is 9.69 Å². The van der Waals surface area contributed by atoms with Crippen LogP contribution in [-0.4, -0.2) is 27.5 Å². The molecule has 2 heterocycles. The van der Waals surface area contributed by atoms with Gasteiger partial charge in [-0.25, -0.2) is 0 Å². The van der Waals surface area contributed by atoms with E-state index in [9.17, 15) is 18.0 Å². The molecule has 0 amide bonds. The molecule has 2 atom stereocenters. The number of aldehydes is 1. The zero-order valence-electron chi connectivity index (χ0n) is 18.7. The summed E-state index contributed by atoms with van der Waals surface area (Å²) in [5.41, 5.74) is 2.30. The Balaban J connectivity index is 1.62. The summed E-state index contributed by atoms with van der Waals surface area (Å²) in [5.74, 6) is 0.371. The average molecular weight is 480 g/mol. The number of benzene rings is 1. The second kappa shape index (κ2) is 9.53. The summed E-state index contributed by atoms with van der Waals surface area (Å²) < 4.78 is 42.2. The summed E-state index contributed by atoms with van der Waals surface area (Å²) >= 11 is 6.68. The number of rotatable bonds is 9. The van der Waals surface area contributed by atoms with Gasteiger partial charge >= 0.3 is 6.18 Å². The average Bonchev–Trinajstić information content (AvgIpc) is 3.38. The molecule has 178 valence electrons. The predicted octanol–water partition coefficient (Wildman–Crippen LogP) is 6.69. The van der Waals surface area contributed by atoms with Crippen LogP contribution in [0.25, 0.3) is 0 Å². The third-order valence-electron chi connectivity index (χ3n) is 6.78. The second-order valence-corrected chi connectivity index (χ2v) is 9.59. The van der Waals surface area contributed by atoms with Gasteiger partial charge in [-0.15, -0.1) is 0 Å². The molecule has 2 aliphatic rings. The summed E-state index contributed by atoms with van der Waals surface area (Å²) in [5, 5.41) is 4.98. The van der Waals surface area contributed by atoms with Gasteiger partial charge in [0.25, 0.3) is 0 Å². The highest BCUT2D eigenvalue weighted by Crippen LogP contribution is 2.46. The van der Waals surface area contributed by atoms with Gasteiger partial charge in [-0.3, -0.25) is 4.68 Å². The zero-order valence-corrected chi connectivity index (χ0v) is 19.5. The number of aryl methyl sites for hydroxylation is 1. The van der Waals surface area contributed by atoms with Crippen molar-refractivity contribution >= 4 is 17.9 Å². The second-order valence-electron chi connectivity index (χ2n) is 9.21. The van der Waals surface area contributed by atoms with Crippen LogP contribution in [0.2, 0.25) is 5.02 Å². The first-order valence-electron chi connectivity index (χ1n) is 11.5. The Kier molecular flexibility index (Phi) is 6.89. The molecular weight excluding hydrogens is 451 g/mol. The first kappa shape index (κ1) is 23.9. The molecule has 1 aromatic heterocycles. The van der Waals surface area contributed by atoms with Crippen molar-refractivity contribution in [2.75, 3.05) is 6.54 Å². The topological polar surface area (TPSA) is 38.1 Å². The maximum absolute atomic E-state index is 13.7. The molecule has 2 fully saturated rings. The number of nitrogens with zero attached hydrogens (tertiary/aromatic N) is 3. The number of carbonyl (C=O) groups excluding carboxylic acids is 1. The van der Waals surface area contributed by atoms with Crippen molar-refractivity contribution in [2.45, 2.75) is 70.1 Å². The summed E-state index contributed by atoms with van der Waals surface area (Å²) in [6.07, 6.45) is 1.21. The Labute approximate surface area is 197 Å². The molecule has 1 aromatic carbocycles. The van der Waals surface area contributed by atoms with E-state index in [1.807, 2.05) is 25.1 Å². The Morgan fingerprint density at radius 1 is 1.30 bits per heavy atom. The molecule has 0 N–H and O–H groups in total. The molecule has 1 saturated heterocycles. The molecule has 0 unspecified atom stereocenters. The largest absolute Gasteiger partial charge is 0.433 e. The first-order valence-corrected chi connectivity index (χ1v) is 11.9. The van der Waals surface area contributed by atoms with Crippen molar-refractivity contribution in [1.29, 1.82) is 0 Å². The quantitative estimate of drug-likeness (QED) is 0.297. The number of unbranched alkanes of at least 4 members (excludes halogenated alkanes) is 1. The maximum atomic E-state index is 13.7. The van der Waals surface area contributed by atoms with Crippen molar-refractivity contribution in [1.82, 2.24) is 14.7 Å². The van der Waals surface area contributed by atoms with E-state index in [0.717, 1.165) is 54.2 Å². The number of likely N-dealkylation sites (tertiary alicyclic amines) is 1. The molecule has 2 aromatic rings. The van der Waals surface area contributed by atoms with E-state index >= 15 is 0 Å². The van der Waals surface area contributed by atoms with Crippen LogP contribution in [0.15, 0.2) is 36.5 Å². The lowest BCUT2D eigenvalue weighted by Gasteiger charge is -2.33. The molecule has 33 heavy (non-hydrogen) atoms. The number of allylic oxidation sites excluding steroid dienone is 1. The van der Waals surface area contributed by atoms with E-state index in [0.29, 0.717) is 29.4 Å². The van der Waals surface area contributed by atoms with E-state index in [1.54, 1.807) is 0 Å². The Morgan fingerprint density at radius 3 is 2.73 bits per heavy atom. The van der Waals surface area contributed by atoms with Crippen LogP contribution in [0.3, 0.4) is 0 Å². The lowest BCUT2D eigenvalue weighted by atomic mass is 9.88. The minimum absolute atomic E-state index is 0.0252. The van der Waals surface area contributed by atoms with Crippen LogP contribution in [0.1, 0.15) is 73.0 Å². The molecule has 0 spiro atoms. The van der Waals surface area contributed by atoms with Crippen molar-refractivity contribution in [3.8, 4) is 0 Å². The minimum Gasteiger partial charge on any atom is -0.366 e. The smallest absolute Gasteiger partial charge is 0.366 e. The minimum atomic E-state index is -4.47. The van der Waals surface area contributed by atoms with Gasteiger partial charge in [-0.05, 0) is 62.1 Å². The summed E-state index contributed by atoms with van der Waals surface area (Å²) in [6.45, 7) is 6.78. The van der Waals surface area contributed by atoms with Gasteiger partial charge in [0.1, 0.15) is 12.0 Å². The van der Waals surface area contributed by atoms with Crippen LogP contribution in [0.4, 0.5) is 13.2 Å². The standard InChI is InChI=1S/C25H29ClF3N3O/c1-16-6-5-8-20(23(16)26)24-19(7-3-4-13-33)11-12-31(24)17(2)15-32-22(25(27,28)29)14-21(30-32)18-9-10-18/h5-6,8,13-14,18-19,24H,2-4,7,9-12,15H2,1H3/t19-,24+/m0/s1. The number of hydrogen-bond acceptors (Lipinski definition) is 3. The fourth-order valence-electron chi connectivity index (χ4n) is 4.92. The molecular formula is C25H29ClF3N3O. The lowest BCUT2D eigenvalue weighted by Crippen LogP contribution is -2.28. The van der Waals surface area contributed by atoms with Gasteiger partial charge in [-0.1, -0.05) is 36.4 Å². The van der Waals surface area contributed by atoms with Gasteiger partial charge in [0.05, 0.1) is 18.3 Å². The number of aromatic nitrogens is 2. The molecule has 4 rings (SSSR count). The van der Waals surface area contributed by atoms with Crippen LogP contribution in [-0.2, 0) is 17.5 Å². The van der Waals surface area contributed by atoms with Crippen LogP contribution >= 0.6 is 11.6 Å². The normalized spacial score (nSPS) is 20.9. The van der Waals surface area contributed by atoms with Gasteiger partial charge in [0, 0.05) is 29.6 Å². The van der Waals surface area contributed by atoms with Crippen molar-refractivity contribution in [2.24, 2.45) is 5.92 Å². The maximum Gasteiger partial charge on any atom is 0.433 e. The highest BCUT2D eigenvalue weighted by atomic mass is 35.5. The molecule has 8 heteroatoms. The van der Waals surface area contributed by atoms with Crippen molar-refractivity contribution < 1.29 is 18.0 Å². The Bertz CT molecular complexity index is 1030. The van der Waals surface area contributed by atoms with E-state index in [2.05, 4.69) is 16.6 Å². The summed E-state index contributed by atoms with van der Waals surface area (Å²) in [6, 6.07) is 6.98. The SMILES string of the molecule is C=C(Cn1nc(C2CC2)cc1C(F)(F)F)N1CC[C@H](CCCC=O)[C@@H]1c1cccc(C)c1Cl. The third-order valence-corrected chi connectivity index (χ3v) is 7.30. The van der Waals surface area contributed by atoms with E-state index in [1.165, 1.54) is 6.07 Å². The summed E-state index contributed by atoms with van der Waals surface area (Å²) in [7, 11) is 0. The lowest BCUT2D eigenvalue weighted by molar-refractivity contribution is -0.144. The van der Waals surface area contributed by atoms with E-state index < -0.39 is 11.9 Å². The number of carbonyl (C=O) groups is 1. The van der Waals surface area contributed by atoms with Gasteiger partial charge in [0.15, 0.2) is 0 Å². The number of alkyl halides is 3. The van der Waals surface area contributed by atoms with Crippen LogP contribution < -0.4 is 0 Å². The zero-order chi connectivity index (χ0) is 23.8.